The summed E-state index contributed by atoms with van der Waals surface area (Å²) in [6.45, 7) is 5.80. The van der Waals surface area contributed by atoms with E-state index in [9.17, 15) is 4.79 Å². The molecule has 1 N–H and O–H groups in total. The minimum Gasteiger partial charge on any atom is -0.310 e. The molecule has 2 heterocycles. The van der Waals surface area contributed by atoms with E-state index in [1.807, 2.05) is 26.8 Å². The molecule has 0 bridgehead atoms. The molecule has 0 saturated heterocycles. The first-order chi connectivity index (χ1) is 7.60. The normalized spacial score (nSPS) is 10.7. The minimum atomic E-state index is -0.144. The van der Waals surface area contributed by atoms with E-state index in [1.54, 1.807) is 4.68 Å². The van der Waals surface area contributed by atoms with Crippen LogP contribution in [0.3, 0.4) is 0 Å². The van der Waals surface area contributed by atoms with E-state index in [4.69, 9.17) is 0 Å². The number of rotatable bonds is 2. The van der Waals surface area contributed by atoms with Gasteiger partial charge in [0.2, 0.25) is 0 Å². The van der Waals surface area contributed by atoms with E-state index in [2.05, 4.69) is 15.1 Å². The number of aromatic amines is 1. The van der Waals surface area contributed by atoms with E-state index in [1.165, 1.54) is 6.07 Å². The van der Waals surface area contributed by atoms with Crippen LogP contribution in [0.15, 0.2) is 16.9 Å². The average Bonchev–Trinajstić information content (AvgIpc) is 2.57. The lowest BCUT2D eigenvalue weighted by atomic mass is 10.4. The fourth-order valence-corrected chi connectivity index (χ4v) is 1.63. The second kappa shape index (κ2) is 3.92. The fraction of sp³-hybridized carbons (Fsp3) is 0.364. The molecule has 0 unspecified atom stereocenters. The second-order valence-corrected chi connectivity index (χ2v) is 3.74. The molecule has 0 spiro atoms. The third-order valence-electron chi connectivity index (χ3n) is 2.34. The van der Waals surface area contributed by atoms with Gasteiger partial charge in [0.25, 0.3) is 5.56 Å². The first-order valence-electron chi connectivity index (χ1n) is 5.24. The molecule has 2 aromatic rings. The lowest BCUT2D eigenvalue weighted by Crippen LogP contribution is -2.14. The highest BCUT2D eigenvalue weighted by atomic mass is 16.1. The molecular formula is C11H14N4O. The second-order valence-electron chi connectivity index (χ2n) is 3.74. The summed E-state index contributed by atoms with van der Waals surface area (Å²) < 4.78 is 1.68. The van der Waals surface area contributed by atoms with E-state index < -0.39 is 0 Å². The molecule has 0 fully saturated rings. The number of hydrogen-bond donors (Lipinski definition) is 1. The Kier molecular flexibility index (Phi) is 2.60. The van der Waals surface area contributed by atoms with Crippen molar-refractivity contribution in [1.29, 1.82) is 0 Å². The Morgan fingerprint density at radius 3 is 2.69 bits per heavy atom. The largest absolute Gasteiger partial charge is 0.310 e. The molecule has 0 aliphatic rings. The summed E-state index contributed by atoms with van der Waals surface area (Å²) >= 11 is 0. The van der Waals surface area contributed by atoms with Crippen LogP contribution in [0.1, 0.15) is 24.1 Å². The Morgan fingerprint density at radius 2 is 2.12 bits per heavy atom. The van der Waals surface area contributed by atoms with Crippen LogP contribution in [0.4, 0.5) is 0 Å². The summed E-state index contributed by atoms with van der Waals surface area (Å²) in [7, 11) is 0. The molecule has 0 aliphatic heterocycles. The van der Waals surface area contributed by atoms with Gasteiger partial charge in [-0.05, 0) is 19.9 Å². The smallest absolute Gasteiger partial charge is 0.253 e. The molecule has 84 valence electrons. The molecule has 0 saturated carbocycles. The summed E-state index contributed by atoms with van der Waals surface area (Å²) in [5, 5.41) is 4.30. The Labute approximate surface area is 93.2 Å². The Balaban J connectivity index is 2.59. The van der Waals surface area contributed by atoms with Gasteiger partial charge in [-0.2, -0.15) is 5.10 Å². The van der Waals surface area contributed by atoms with Gasteiger partial charge < -0.3 is 4.98 Å². The highest BCUT2D eigenvalue weighted by molar-refractivity contribution is 5.24. The lowest BCUT2D eigenvalue weighted by Gasteiger charge is -2.04. The highest BCUT2D eigenvalue weighted by Gasteiger charge is 2.06. The predicted molar refractivity (Wildman–Crippen MR) is 60.8 cm³/mol. The number of H-pyrrole nitrogens is 1. The van der Waals surface area contributed by atoms with Crippen LogP contribution >= 0.6 is 0 Å². The maximum absolute atomic E-state index is 11.4. The lowest BCUT2D eigenvalue weighted by molar-refractivity contribution is 0.777. The van der Waals surface area contributed by atoms with Crippen molar-refractivity contribution >= 4 is 0 Å². The summed E-state index contributed by atoms with van der Waals surface area (Å²) in [4.78, 5) is 18.5. The van der Waals surface area contributed by atoms with Gasteiger partial charge in [0.15, 0.2) is 5.82 Å². The third kappa shape index (κ3) is 1.88. The minimum absolute atomic E-state index is 0.144. The van der Waals surface area contributed by atoms with Gasteiger partial charge in [-0.1, -0.05) is 6.92 Å². The van der Waals surface area contributed by atoms with Crippen LogP contribution in [-0.4, -0.2) is 19.7 Å². The zero-order valence-corrected chi connectivity index (χ0v) is 9.61. The Bertz CT molecular complexity index is 568. The molecule has 2 rings (SSSR count). The van der Waals surface area contributed by atoms with E-state index in [-0.39, 0.29) is 5.56 Å². The van der Waals surface area contributed by atoms with Crippen molar-refractivity contribution < 1.29 is 0 Å². The van der Waals surface area contributed by atoms with Crippen LogP contribution in [0.25, 0.3) is 5.82 Å². The monoisotopic (exact) mass is 218 g/mol. The number of nitrogens with zero attached hydrogens (tertiary/aromatic N) is 3. The molecule has 0 amide bonds. The van der Waals surface area contributed by atoms with Crippen LogP contribution in [0, 0.1) is 13.8 Å². The van der Waals surface area contributed by atoms with Gasteiger partial charge in [0, 0.05) is 18.2 Å². The first-order valence-corrected chi connectivity index (χ1v) is 5.24. The van der Waals surface area contributed by atoms with Gasteiger partial charge in [0.1, 0.15) is 5.82 Å². The van der Waals surface area contributed by atoms with Gasteiger partial charge in [-0.15, -0.1) is 0 Å². The van der Waals surface area contributed by atoms with E-state index in [0.717, 1.165) is 11.4 Å². The van der Waals surface area contributed by atoms with Gasteiger partial charge in [-0.25, -0.2) is 9.67 Å². The topological polar surface area (TPSA) is 63.6 Å². The van der Waals surface area contributed by atoms with Crippen molar-refractivity contribution in [2.24, 2.45) is 0 Å². The zero-order valence-electron chi connectivity index (χ0n) is 9.61. The first kappa shape index (κ1) is 10.6. The summed E-state index contributed by atoms with van der Waals surface area (Å²) in [5.74, 6) is 1.25. The van der Waals surface area contributed by atoms with Crippen molar-refractivity contribution in [3.05, 3.63) is 39.7 Å². The molecule has 0 aliphatic carbocycles. The molecule has 5 nitrogen and oxygen atoms in total. The maximum atomic E-state index is 11.4. The summed E-state index contributed by atoms with van der Waals surface area (Å²) in [5.41, 5.74) is 1.74. The molecule has 2 aromatic heterocycles. The molecule has 0 atom stereocenters. The van der Waals surface area contributed by atoms with Crippen molar-refractivity contribution in [2.75, 3.05) is 0 Å². The van der Waals surface area contributed by atoms with Crippen molar-refractivity contribution in [2.45, 2.75) is 27.2 Å². The number of nitrogens with one attached hydrogen (secondary N) is 1. The zero-order chi connectivity index (χ0) is 11.7. The van der Waals surface area contributed by atoms with Crippen LogP contribution in [0.2, 0.25) is 0 Å². The van der Waals surface area contributed by atoms with Crippen molar-refractivity contribution in [3.8, 4) is 5.82 Å². The van der Waals surface area contributed by atoms with E-state index in [0.29, 0.717) is 18.1 Å². The molecule has 0 radical (unpaired) electrons. The van der Waals surface area contributed by atoms with Crippen LogP contribution < -0.4 is 5.56 Å². The molecule has 16 heavy (non-hydrogen) atoms. The number of hydrogen-bond acceptors (Lipinski definition) is 3. The Morgan fingerprint density at radius 1 is 1.38 bits per heavy atom. The van der Waals surface area contributed by atoms with Crippen LogP contribution in [0.5, 0.6) is 0 Å². The van der Waals surface area contributed by atoms with Crippen molar-refractivity contribution in [1.82, 2.24) is 19.7 Å². The Hall–Kier alpha value is -1.91. The van der Waals surface area contributed by atoms with E-state index >= 15 is 0 Å². The van der Waals surface area contributed by atoms with Gasteiger partial charge in [0.05, 0.1) is 5.69 Å². The summed E-state index contributed by atoms with van der Waals surface area (Å²) in [6, 6.07) is 3.41. The quantitative estimate of drug-likeness (QED) is 0.822. The predicted octanol–water partition coefficient (Wildman–Crippen LogP) is 1.13. The highest BCUT2D eigenvalue weighted by Crippen LogP contribution is 2.07. The number of aromatic nitrogens is 4. The molecular weight excluding hydrogens is 204 g/mol. The standard InChI is InChI=1S/C11H14N4O/c1-4-9-12-10(6-11(16)13-9)15-8(3)5-7(2)14-15/h5-6H,4H2,1-3H3,(H,12,13,16). The third-order valence-corrected chi connectivity index (χ3v) is 2.34. The van der Waals surface area contributed by atoms with Crippen molar-refractivity contribution in [3.63, 3.8) is 0 Å². The SMILES string of the molecule is CCc1nc(-n2nc(C)cc2C)cc(=O)[nH]1. The molecule has 0 aromatic carbocycles. The van der Waals surface area contributed by atoms with Gasteiger partial charge >= 0.3 is 0 Å². The summed E-state index contributed by atoms with van der Waals surface area (Å²) in [6.07, 6.45) is 0.697. The maximum Gasteiger partial charge on any atom is 0.253 e. The van der Waals surface area contributed by atoms with Gasteiger partial charge in [-0.3, -0.25) is 4.79 Å². The fourth-order valence-electron chi connectivity index (χ4n) is 1.63. The molecule has 5 heteroatoms. The number of aryl methyl sites for hydroxylation is 3. The average molecular weight is 218 g/mol. The van der Waals surface area contributed by atoms with Crippen LogP contribution in [-0.2, 0) is 6.42 Å².